The Labute approximate surface area is 106 Å². The molecule has 2 rings (SSSR count). The summed E-state index contributed by atoms with van der Waals surface area (Å²) in [6.45, 7) is 4.39. The van der Waals surface area contributed by atoms with Crippen LogP contribution >= 0.6 is 0 Å². The van der Waals surface area contributed by atoms with Crippen molar-refractivity contribution in [2.45, 2.75) is 39.3 Å². The molecule has 1 unspecified atom stereocenters. The van der Waals surface area contributed by atoms with Crippen molar-refractivity contribution in [2.75, 3.05) is 0 Å². The number of aryl methyl sites for hydroxylation is 2. The van der Waals surface area contributed by atoms with Crippen molar-refractivity contribution >= 4 is 11.9 Å². The molecule has 0 spiro atoms. The van der Waals surface area contributed by atoms with E-state index in [0.29, 0.717) is 19.4 Å². The second-order valence-electron chi connectivity index (χ2n) is 4.84. The quantitative estimate of drug-likeness (QED) is 0.887. The standard InChI is InChI=1S/C14H17NO3/c1-9-3-4-11(10(2)7-9)8-15-12(14(17)18)5-6-13(15)16/h3-4,7,12H,5-6,8H2,1-2H3,(H,17,18). The summed E-state index contributed by atoms with van der Waals surface area (Å²) in [6.07, 6.45) is 0.751. The minimum Gasteiger partial charge on any atom is -0.480 e. The average molecular weight is 247 g/mol. The maximum atomic E-state index is 11.7. The van der Waals surface area contributed by atoms with Gasteiger partial charge in [0.15, 0.2) is 0 Å². The van der Waals surface area contributed by atoms with Crippen LogP contribution in [0.15, 0.2) is 18.2 Å². The molecule has 1 aliphatic heterocycles. The van der Waals surface area contributed by atoms with Gasteiger partial charge in [0.2, 0.25) is 5.91 Å². The van der Waals surface area contributed by atoms with Crippen LogP contribution in [0.1, 0.15) is 29.5 Å². The third-order valence-corrected chi connectivity index (χ3v) is 3.45. The molecule has 18 heavy (non-hydrogen) atoms. The van der Waals surface area contributed by atoms with Crippen molar-refractivity contribution in [2.24, 2.45) is 0 Å². The Bertz CT molecular complexity index is 496. The molecule has 0 aliphatic carbocycles. The summed E-state index contributed by atoms with van der Waals surface area (Å²) in [5, 5.41) is 9.10. The first-order chi connectivity index (χ1) is 8.49. The van der Waals surface area contributed by atoms with Gasteiger partial charge in [-0.05, 0) is 31.4 Å². The Balaban J connectivity index is 2.21. The number of aliphatic carboxylic acids is 1. The summed E-state index contributed by atoms with van der Waals surface area (Å²) in [4.78, 5) is 24.3. The second kappa shape index (κ2) is 4.80. The van der Waals surface area contributed by atoms with Crippen LogP contribution in [0.3, 0.4) is 0 Å². The summed E-state index contributed by atoms with van der Waals surface area (Å²) < 4.78 is 0. The fraction of sp³-hybridized carbons (Fsp3) is 0.429. The highest BCUT2D eigenvalue weighted by molar-refractivity contribution is 5.87. The third-order valence-electron chi connectivity index (χ3n) is 3.45. The molecule has 0 radical (unpaired) electrons. The maximum Gasteiger partial charge on any atom is 0.326 e. The lowest BCUT2D eigenvalue weighted by atomic mass is 10.1. The van der Waals surface area contributed by atoms with Crippen LogP contribution in [-0.4, -0.2) is 27.9 Å². The van der Waals surface area contributed by atoms with Crippen molar-refractivity contribution in [3.8, 4) is 0 Å². The van der Waals surface area contributed by atoms with Crippen molar-refractivity contribution in [3.05, 3.63) is 34.9 Å². The first kappa shape index (κ1) is 12.6. The molecule has 0 bridgehead atoms. The number of nitrogens with zero attached hydrogens (tertiary/aromatic N) is 1. The summed E-state index contributed by atoms with van der Waals surface area (Å²) in [7, 11) is 0. The van der Waals surface area contributed by atoms with E-state index in [1.54, 1.807) is 0 Å². The molecule has 96 valence electrons. The summed E-state index contributed by atoms with van der Waals surface area (Å²) in [5.41, 5.74) is 3.28. The van der Waals surface area contributed by atoms with Crippen LogP contribution in [0, 0.1) is 13.8 Å². The molecule has 1 aliphatic rings. The molecule has 4 nitrogen and oxygen atoms in total. The van der Waals surface area contributed by atoms with E-state index < -0.39 is 12.0 Å². The lowest BCUT2D eigenvalue weighted by molar-refractivity contribution is -0.146. The normalized spacial score (nSPS) is 19.3. The lowest BCUT2D eigenvalue weighted by Gasteiger charge is -2.22. The van der Waals surface area contributed by atoms with Crippen LogP contribution in [-0.2, 0) is 16.1 Å². The summed E-state index contributed by atoms with van der Waals surface area (Å²) in [5.74, 6) is -0.979. The topological polar surface area (TPSA) is 57.6 Å². The number of carboxylic acids is 1. The predicted octanol–water partition coefficient (Wildman–Crippen LogP) is 1.88. The van der Waals surface area contributed by atoms with E-state index in [-0.39, 0.29) is 5.91 Å². The van der Waals surface area contributed by atoms with E-state index in [9.17, 15) is 9.59 Å². The smallest absolute Gasteiger partial charge is 0.326 e. The molecule has 1 amide bonds. The maximum absolute atomic E-state index is 11.7. The van der Waals surface area contributed by atoms with Crippen LogP contribution < -0.4 is 0 Å². The number of hydrogen-bond donors (Lipinski definition) is 1. The largest absolute Gasteiger partial charge is 0.480 e. The predicted molar refractivity (Wildman–Crippen MR) is 67.1 cm³/mol. The highest BCUT2D eigenvalue weighted by Gasteiger charge is 2.35. The van der Waals surface area contributed by atoms with Gasteiger partial charge in [-0.15, -0.1) is 0 Å². The number of amides is 1. The van der Waals surface area contributed by atoms with E-state index in [1.807, 2.05) is 32.0 Å². The van der Waals surface area contributed by atoms with Crippen molar-refractivity contribution in [3.63, 3.8) is 0 Å². The number of likely N-dealkylation sites (tertiary alicyclic amines) is 1. The number of rotatable bonds is 3. The van der Waals surface area contributed by atoms with Gasteiger partial charge in [0, 0.05) is 13.0 Å². The summed E-state index contributed by atoms with van der Waals surface area (Å²) >= 11 is 0. The zero-order valence-corrected chi connectivity index (χ0v) is 10.6. The molecule has 1 fully saturated rings. The van der Waals surface area contributed by atoms with Crippen molar-refractivity contribution in [1.29, 1.82) is 0 Å². The fourth-order valence-electron chi connectivity index (χ4n) is 2.40. The van der Waals surface area contributed by atoms with E-state index >= 15 is 0 Å². The van der Waals surface area contributed by atoms with Gasteiger partial charge in [-0.25, -0.2) is 4.79 Å². The average Bonchev–Trinajstić information content (AvgIpc) is 2.64. The molecule has 1 heterocycles. The second-order valence-corrected chi connectivity index (χ2v) is 4.84. The van der Waals surface area contributed by atoms with Crippen LogP contribution in [0.5, 0.6) is 0 Å². The van der Waals surface area contributed by atoms with E-state index in [1.165, 1.54) is 10.5 Å². The van der Waals surface area contributed by atoms with Crippen LogP contribution in [0.4, 0.5) is 0 Å². The fourth-order valence-corrected chi connectivity index (χ4v) is 2.40. The van der Waals surface area contributed by atoms with Crippen molar-refractivity contribution < 1.29 is 14.7 Å². The monoisotopic (exact) mass is 247 g/mol. The zero-order chi connectivity index (χ0) is 13.3. The molecular formula is C14H17NO3. The molecule has 1 N–H and O–H groups in total. The number of hydrogen-bond acceptors (Lipinski definition) is 2. The molecule has 1 aromatic carbocycles. The van der Waals surface area contributed by atoms with Gasteiger partial charge in [0.05, 0.1) is 0 Å². The van der Waals surface area contributed by atoms with Gasteiger partial charge in [-0.2, -0.15) is 0 Å². The Morgan fingerprint density at radius 1 is 1.44 bits per heavy atom. The van der Waals surface area contributed by atoms with Gasteiger partial charge >= 0.3 is 5.97 Å². The Hall–Kier alpha value is -1.84. The minimum atomic E-state index is -0.911. The highest BCUT2D eigenvalue weighted by Crippen LogP contribution is 2.23. The van der Waals surface area contributed by atoms with Gasteiger partial charge in [-0.3, -0.25) is 4.79 Å². The Morgan fingerprint density at radius 3 is 2.78 bits per heavy atom. The first-order valence-corrected chi connectivity index (χ1v) is 6.07. The first-order valence-electron chi connectivity index (χ1n) is 6.07. The summed E-state index contributed by atoms with van der Waals surface area (Å²) in [6, 6.07) is 5.33. The molecule has 4 heteroatoms. The molecule has 0 saturated carbocycles. The van der Waals surface area contributed by atoms with Crippen LogP contribution in [0.25, 0.3) is 0 Å². The number of carboxylic acid groups (broad SMARTS) is 1. The third kappa shape index (κ3) is 2.37. The molecule has 1 aromatic rings. The molecule has 1 saturated heterocycles. The van der Waals surface area contributed by atoms with Gasteiger partial charge < -0.3 is 10.0 Å². The van der Waals surface area contributed by atoms with E-state index in [4.69, 9.17) is 5.11 Å². The highest BCUT2D eigenvalue weighted by atomic mass is 16.4. The number of benzene rings is 1. The Kier molecular flexibility index (Phi) is 3.36. The van der Waals surface area contributed by atoms with Crippen molar-refractivity contribution in [1.82, 2.24) is 4.90 Å². The SMILES string of the molecule is Cc1ccc(CN2C(=O)CCC2C(=O)O)c(C)c1. The number of carbonyl (C=O) groups excluding carboxylic acids is 1. The van der Waals surface area contributed by atoms with Gasteiger partial charge in [0.1, 0.15) is 6.04 Å². The van der Waals surface area contributed by atoms with E-state index in [2.05, 4.69) is 0 Å². The lowest BCUT2D eigenvalue weighted by Crippen LogP contribution is -2.38. The molecule has 0 aromatic heterocycles. The van der Waals surface area contributed by atoms with Crippen LogP contribution in [0.2, 0.25) is 0 Å². The number of carbonyl (C=O) groups is 2. The molecular weight excluding hydrogens is 230 g/mol. The minimum absolute atomic E-state index is 0.0672. The van der Waals surface area contributed by atoms with Gasteiger partial charge in [0.25, 0.3) is 0 Å². The zero-order valence-electron chi connectivity index (χ0n) is 10.6. The van der Waals surface area contributed by atoms with Gasteiger partial charge in [-0.1, -0.05) is 23.8 Å². The Morgan fingerprint density at radius 2 is 2.17 bits per heavy atom. The molecule has 1 atom stereocenters. The van der Waals surface area contributed by atoms with E-state index in [0.717, 1.165) is 11.1 Å².